The molecule has 0 aliphatic rings. The first-order valence-electron chi connectivity index (χ1n) is 6.70. The number of benzene rings is 1. The second kappa shape index (κ2) is 5.55. The third kappa shape index (κ3) is 4.16. The zero-order valence-corrected chi connectivity index (χ0v) is 12.5. The number of anilines is 1. The van der Waals surface area contributed by atoms with Gasteiger partial charge in [0, 0.05) is 17.3 Å². The van der Waals surface area contributed by atoms with Crippen LogP contribution in [0.1, 0.15) is 20.8 Å². The van der Waals surface area contributed by atoms with E-state index in [1.165, 1.54) is 22.9 Å². The van der Waals surface area contributed by atoms with Crippen LogP contribution < -0.4 is 5.32 Å². The van der Waals surface area contributed by atoms with Gasteiger partial charge in [0.1, 0.15) is 12.1 Å². The lowest BCUT2D eigenvalue weighted by Crippen LogP contribution is -2.26. The van der Waals surface area contributed by atoms with Crippen LogP contribution in [0, 0.1) is 0 Å². The van der Waals surface area contributed by atoms with Crippen molar-refractivity contribution in [1.82, 2.24) is 4.57 Å². The summed E-state index contributed by atoms with van der Waals surface area (Å²) in [6.07, 6.45) is -3.34. The molecular weight excluding hydrogens is 297 g/mol. The lowest BCUT2D eigenvalue weighted by Gasteiger charge is -2.20. The van der Waals surface area contributed by atoms with Crippen molar-refractivity contribution in [2.45, 2.75) is 32.5 Å². The Morgan fingerprint density at radius 1 is 1.23 bits per heavy atom. The van der Waals surface area contributed by atoms with Crippen LogP contribution >= 0.6 is 0 Å². The van der Waals surface area contributed by atoms with Crippen molar-refractivity contribution in [3.05, 3.63) is 30.5 Å². The Kier molecular flexibility index (Phi) is 4.08. The number of ether oxygens (including phenoxy) is 1. The molecule has 0 fully saturated rings. The summed E-state index contributed by atoms with van der Waals surface area (Å²) in [6.45, 7) is 4.10. The molecule has 22 heavy (non-hydrogen) atoms. The van der Waals surface area contributed by atoms with Crippen molar-refractivity contribution in [3.8, 4) is 0 Å². The minimum Gasteiger partial charge on any atom is -0.443 e. The highest BCUT2D eigenvalue weighted by molar-refractivity contribution is 5.91. The van der Waals surface area contributed by atoms with Crippen molar-refractivity contribution in [2.75, 3.05) is 11.9 Å². The second-order valence-corrected chi connectivity index (χ2v) is 5.91. The summed E-state index contributed by atoms with van der Waals surface area (Å²) < 4.78 is 43.3. The Hall–Kier alpha value is -2.18. The molecular formula is C15H17F3N2O2. The Morgan fingerprint density at radius 3 is 2.50 bits per heavy atom. The minimum absolute atomic E-state index is 0.285. The van der Waals surface area contributed by atoms with Gasteiger partial charge in [-0.25, -0.2) is 4.79 Å². The maximum atomic E-state index is 12.2. The average molecular weight is 314 g/mol. The van der Waals surface area contributed by atoms with Gasteiger partial charge in [0.2, 0.25) is 0 Å². The molecule has 1 aromatic heterocycles. The normalized spacial score (nSPS) is 12.5. The Labute approximate surface area is 125 Å². The van der Waals surface area contributed by atoms with Crippen molar-refractivity contribution in [2.24, 2.45) is 0 Å². The summed E-state index contributed by atoms with van der Waals surface area (Å²) in [5.41, 5.74) is 0.120. The van der Waals surface area contributed by atoms with E-state index in [1.807, 2.05) is 0 Å². The lowest BCUT2D eigenvalue weighted by atomic mass is 10.2. The molecule has 0 spiro atoms. The third-order valence-electron chi connectivity index (χ3n) is 2.78. The molecule has 1 aromatic carbocycles. The largest absolute Gasteiger partial charge is 0.443 e. The molecule has 2 rings (SSSR count). The molecule has 7 heteroatoms. The first-order chi connectivity index (χ1) is 10.1. The molecule has 0 amide bonds. The Bertz CT molecular complexity index is 684. The summed E-state index contributed by atoms with van der Waals surface area (Å²) in [4.78, 5) is 12.1. The number of rotatable bonds is 2. The number of carbonyl (C=O) groups excluding carboxylic acids is 1. The second-order valence-electron chi connectivity index (χ2n) is 5.91. The summed E-state index contributed by atoms with van der Waals surface area (Å²) in [6, 6.07) is 6.38. The number of nitrogens with zero attached hydrogens (tertiary/aromatic N) is 1. The van der Waals surface area contributed by atoms with Crippen LogP contribution in [-0.4, -0.2) is 29.0 Å². The molecule has 0 unspecified atom stereocenters. The quantitative estimate of drug-likeness (QED) is 0.893. The van der Waals surface area contributed by atoms with E-state index in [9.17, 15) is 18.0 Å². The van der Waals surface area contributed by atoms with Gasteiger partial charge in [-0.2, -0.15) is 13.2 Å². The summed E-state index contributed by atoms with van der Waals surface area (Å²) in [5.74, 6) is 0. The molecule has 0 bridgehead atoms. The zero-order valence-electron chi connectivity index (χ0n) is 12.5. The van der Waals surface area contributed by atoms with Crippen LogP contribution in [0.2, 0.25) is 0 Å². The number of aromatic nitrogens is 1. The third-order valence-corrected chi connectivity index (χ3v) is 2.78. The fourth-order valence-corrected chi connectivity index (χ4v) is 1.91. The molecule has 2 aromatic rings. The highest BCUT2D eigenvalue weighted by atomic mass is 19.4. The van der Waals surface area contributed by atoms with Crippen LogP contribution in [0.5, 0.6) is 0 Å². The summed E-state index contributed by atoms with van der Waals surface area (Å²) in [7, 11) is 0. The molecule has 1 N–H and O–H groups in total. The number of hydrogen-bond acceptors (Lipinski definition) is 3. The maximum absolute atomic E-state index is 12.2. The topological polar surface area (TPSA) is 43.3 Å². The Morgan fingerprint density at radius 2 is 1.91 bits per heavy atom. The van der Waals surface area contributed by atoms with Gasteiger partial charge in [0.15, 0.2) is 0 Å². The highest BCUT2D eigenvalue weighted by Crippen LogP contribution is 2.23. The standard InChI is InChI=1S/C15H17F3N2O2/c1-14(2,3)22-13(21)20-7-6-10-4-5-11(8-12(10)20)19-9-15(16,17)18/h4-8,19H,9H2,1-3H3. The monoisotopic (exact) mass is 314 g/mol. The van der Waals surface area contributed by atoms with Gasteiger partial charge in [0.25, 0.3) is 0 Å². The number of halogens is 3. The van der Waals surface area contributed by atoms with E-state index in [2.05, 4.69) is 5.32 Å². The van der Waals surface area contributed by atoms with Gasteiger partial charge in [-0.05, 0) is 39.0 Å². The van der Waals surface area contributed by atoms with E-state index in [0.717, 1.165) is 5.39 Å². The van der Waals surface area contributed by atoms with E-state index in [1.54, 1.807) is 32.9 Å². The van der Waals surface area contributed by atoms with Crippen molar-refractivity contribution < 1.29 is 22.7 Å². The fraction of sp³-hybridized carbons (Fsp3) is 0.400. The first-order valence-corrected chi connectivity index (χ1v) is 6.70. The minimum atomic E-state index is -4.30. The van der Waals surface area contributed by atoms with E-state index >= 15 is 0 Å². The predicted molar refractivity (Wildman–Crippen MR) is 78.1 cm³/mol. The number of hydrogen-bond donors (Lipinski definition) is 1. The van der Waals surface area contributed by atoms with Crippen LogP contribution in [0.15, 0.2) is 30.5 Å². The molecule has 1 heterocycles. The molecule has 4 nitrogen and oxygen atoms in total. The lowest BCUT2D eigenvalue weighted by molar-refractivity contribution is -0.115. The molecule has 0 radical (unpaired) electrons. The van der Waals surface area contributed by atoms with Gasteiger partial charge in [-0.1, -0.05) is 6.07 Å². The predicted octanol–water partition coefficient (Wildman–Crippen LogP) is 4.40. The SMILES string of the molecule is CC(C)(C)OC(=O)n1ccc2ccc(NCC(F)(F)F)cc21. The van der Waals surface area contributed by atoms with Crippen LogP contribution in [0.4, 0.5) is 23.7 Å². The first kappa shape index (κ1) is 16.2. The van der Waals surface area contributed by atoms with Crippen LogP contribution in [-0.2, 0) is 4.74 Å². The van der Waals surface area contributed by atoms with Crippen molar-refractivity contribution >= 4 is 22.7 Å². The highest BCUT2D eigenvalue weighted by Gasteiger charge is 2.26. The van der Waals surface area contributed by atoms with Gasteiger partial charge in [-0.3, -0.25) is 4.57 Å². The van der Waals surface area contributed by atoms with Gasteiger partial charge in [-0.15, -0.1) is 0 Å². The van der Waals surface area contributed by atoms with E-state index in [4.69, 9.17) is 4.74 Å². The summed E-state index contributed by atoms with van der Waals surface area (Å²) in [5, 5.41) is 3.03. The molecule has 0 atom stereocenters. The number of carbonyl (C=O) groups is 1. The summed E-state index contributed by atoms with van der Waals surface area (Å²) >= 11 is 0. The van der Waals surface area contributed by atoms with Crippen LogP contribution in [0.3, 0.4) is 0 Å². The van der Waals surface area contributed by atoms with Crippen molar-refractivity contribution in [3.63, 3.8) is 0 Å². The van der Waals surface area contributed by atoms with E-state index < -0.39 is 24.4 Å². The maximum Gasteiger partial charge on any atom is 0.418 e. The van der Waals surface area contributed by atoms with Gasteiger partial charge in [0.05, 0.1) is 5.52 Å². The number of fused-ring (bicyclic) bond motifs is 1. The van der Waals surface area contributed by atoms with E-state index in [-0.39, 0.29) is 5.69 Å². The average Bonchev–Trinajstić information content (AvgIpc) is 2.76. The van der Waals surface area contributed by atoms with E-state index in [0.29, 0.717) is 5.52 Å². The molecule has 0 saturated heterocycles. The molecule has 0 aliphatic heterocycles. The van der Waals surface area contributed by atoms with Gasteiger partial charge >= 0.3 is 12.3 Å². The van der Waals surface area contributed by atoms with Gasteiger partial charge < -0.3 is 10.1 Å². The molecule has 120 valence electrons. The van der Waals surface area contributed by atoms with Crippen molar-refractivity contribution in [1.29, 1.82) is 0 Å². The number of alkyl halides is 3. The Balaban J connectivity index is 2.27. The zero-order chi connectivity index (χ0) is 16.5. The van der Waals surface area contributed by atoms with Crippen LogP contribution in [0.25, 0.3) is 10.9 Å². The molecule has 0 saturated carbocycles. The number of nitrogens with one attached hydrogen (secondary N) is 1. The smallest absolute Gasteiger partial charge is 0.418 e. The molecule has 0 aliphatic carbocycles. The fourth-order valence-electron chi connectivity index (χ4n) is 1.91.